The van der Waals surface area contributed by atoms with Gasteiger partial charge < -0.3 is 9.53 Å². The van der Waals surface area contributed by atoms with Gasteiger partial charge >= 0.3 is 5.97 Å². The van der Waals surface area contributed by atoms with Crippen LogP contribution in [-0.4, -0.2) is 17.9 Å². The number of cyclic esters (lactones) is 1. The summed E-state index contributed by atoms with van der Waals surface area (Å²) in [6, 6.07) is 0. The minimum absolute atomic E-state index is 0.118. The molecule has 1 unspecified atom stereocenters. The highest BCUT2D eigenvalue weighted by molar-refractivity contribution is 5.85. The summed E-state index contributed by atoms with van der Waals surface area (Å²) in [4.78, 5) is 22.5. The molecule has 1 saturated carbocycles. The van der Waals surface area contributed by atoms with E-state index in [4.69, 9.17) is 4.74 Å². The van der Waals surface area contributed by atoms with Crippen LogP contribution in [0.1, 0.15) is 45.4 Å². The van der Waals surface area contributed by atoms with E-state index in [1.54, 1.807) is 6.92 Å². The summed E-state index contributed by atoms with van der Waals surface area (Å²) in [5.41, 5.74) is -0.118. The third-order valence-corrected chi connectivity index (χ3v) is 3.70. The van der Waals surface area contributed by atoms with Crippen molar-refractivity contribution in [2.45, 2.75) is 51.6 Å². The largest absolute Gasteiger partial charge is 0.454 e. The second-order valence-electron chi connectivity index (χ2n) is 5.02. The van der Waals surface area contributed by atoms with Crippen LogP contribution >= 0.6 is 0 Å². The molecule has 1 fully saturated rings. The van der Waals surface area contributed by atoms with Crippen LogP contribution in [0.4, 0.5) is 0 Å². The number of hydrogen-bond acceptors (Lipinski definition) is 3. The van der Waals surface area contributed by atoms with Crippen molar-refractivity contribution < 1.29 is 14.3 Å². The molecule has 0 amide bonds. The molecule has 0 bridgehead atoms. The first kappa shape index (κ1) is 11.4. The molecular weight excluding hydrogens is 204 g/mol. The summed E-state index contributed by atoms with van der Waals surface area (Å²) < 4.78 is 5.30. The standard InChI is InChI=1S/C13H18O3/c1-10(14)9-13(7-3-2-4-8-13)11-5-6-12(15)16-11/h5-6,11H,2-4,7-9H2,1H3. The van der Waals surface area contributed by atoms with E-state index in [0.29, 0.717) is 6.42 Å². The van der Waals surface area contributed by atoms with Crippen molar-refractivity contribution in [3.8, 4) is 0 Å². The molecule has 88 valence electrons. The fraction of sp³-hybridized carbons (Fsp3) is 0.692. The Morgan fingerprint density at radius 3 is 2.62 bits per heavy atom. The maximum atomic E-state index is 11.4. The third-order valence-electron chi connectivity index (χ3n) is 3.70. The zero-order chi connectivity index (χ0) is 11.6. The molecule has 16 heavy (non-hydrogen) atoms. The number of ketones is 1. The Balaban J connectivity index is 2.16. The van der Waals surface area contributed by atoms with E-state index < -0.39 is 0 Å². The van der Waals surface area contributed by atoms with Crippen LogP contribution in [-0.2, 0) is 14.3 Å². The molecule has 2 rings (SSSR count). The molecule has 3 heteroatoms. The van der Waals surface area contributed by atoms with Gasteiger partial charge in [0.25, 0.3) is 0 Å². The average molecular weight is 222 g/mol. The molecule has 0 N–H and O–H groups in total. The van der Waals surface area contributed by atoms with Crippen LogP contribution in [0.5, 0.6) is 0 Å². The van der Waals surface area contributed by atoms with Gasteiger partial charge in [0, 0.05) is 17.9 Å². The normalized spacial score (nSPS) is 27.8. The van der Waals surface area contributed by atoms with Crippen LogP contribution in [0.25, 0.3) is 0 Å². The first-order valence-corrected chi connectivity index (χ1v) is 6.01. The Kier molecular flexibility index (Phi) is 3.13. The molecule has 0 spiro atoms. The van der Waals surface area contributed by atoms with Crippen LogP contribution in [0.2, 0.25) is 0 Å². The molecule has 0 aromatic rings. The van der Waals surface area contributed by atoms with Gasteiger partial charge in [-0.15, -0.1) is 0 Å². The molecule has 1 aliphatic carbocycles. The van der Waals surface area contributed by atoms with Crippen molar-refractivity contribution in [2.24, 2.45) is 5.41 Å². The van der Waals surface area contributed by atoms with Crippen molar-refractivity contribution in [3.63, 3.8) is 0 Å². The molecule has 2 aliphatic rings. The maximum Gasteiger partial charge on any atom is 0.331 e. The van der Waals surface area contributed by atoms with E-state index in [2.05, 4.69) is 0 Å². The number of esters is 1. The summed E-state index contributed by atoms with van der Waals surface area (Å²) in [5, 5.41) is 0. The van der Waals surface area contributed by atoms with Crippen LogP contribution in [0, 0.1) is 5.41 Å². The number of carbonyl (C=O) groups excluding carboxylic acids is 2. The molecule has 1 heterocycles. The third kappa shape index (κ3) is 2.18. The summed E-state index contributed by atoms with van der Waals surface area (Å²) >= 11 is 0. The Labute approximate surface area is 95.9 Å². The van der Waals surface area contributed by atoms with Crippen molar-refractivity contribution in [1.29, 1.82) is 0 Å². The van der Waals surface area contributed by atoms with E-state index in [-0.39, 0.29) is 23.3 Å². The minimum atomic E-state index is -0.265. The van der Waals surface area contributed by atoms with Gasteiger partial charge in [0.15, 0.2) is 0 Å². The summed E-state index contributed by atoms with van der Waals surface area (Å²) in [5.74, 6) is -0.0725. The summed E-state index contributed by atoms with van der Waals surface area (Å²) in [7, 11) is 0. The van der Waals surface area contributed by atoms with Crippen molar-refractivity contribution in [2.75, 3.05) is 0 Å². The van der Waals surface area contributed by atoms with Crippen LogP contribution in [0.3, 0.4) is 0 Å². The Morgan fingerprint density at radius 2 is 2.12 bits per heavy atom. The van der Waals surface area contributed by atoms with Crippen molar-refractivity contribution in [3.05, 3.63) is 12.2 Å². The van der Waals surface area contributed by atoms with E-state index in [1.165, 1.54) is 12.5 Å². The van der Waals surface area contributed by atoms with Gasteiger partial charge in [0.1, 0.15) is 11.9 Å². The van der Waals surface area contributed by atoms with E-state index in [0.717, 1.165) is 25.7 Å². The number of carbonyl (C=O) groups is 2. The lowest BCUT2D eigenvalue weighted by Gasteiger charge is -2.39. The fourth-order valence-electron chi connectivity index (χ4n) is 3.01. The smallest absolute Gasteiger partial charge is 0.331 e. The SMILES string of the molecule is CC(=O)CC1(C2C=CC(=O)O2)CCCCC1. The summed E-state index contributed by atoms with van der Waals surface area (Å²) in [6.45, 7) is 1.62. The van der Waals surface area contributed by atoms with E-state index in [1.807, 2.05) is 6.08 Å². The van der Waals surface area contributed by atoms with Gasteiger partial charge in [-0.25, -0.2) is 4.79 Å². The van der Waals surface area contributed by atoms with Crippen molar-refractivity contribution >= 4 is 11.8 Å². The van der Waals surface area contributed by atoms with Crippen LogP contribution in [0.15, 0.2) is 12.2 Å². The number of rotatable bonds is 3. The Hall–Kier alpha value is -1.12. The molecule has 0 aromatic carbocycles. The number of ether oxygens (including phenoxy) is 1. The van der Waals surface area contributed by atoms with Gasteiger partial charge in [-0.1, -0.05) is 19.3 Å². The zero-order valence-electron chi connectivity index (χ0n) is 9.70. The van der Waals surface area contributed by atoms with Gasteiger partial charge in [-0.2, -0.15) is 0 Å². The molecule has 1 atom stereocenters. The van der Waals surface area contributed by atoms with Gasteiger partial charge in [-0.3, -0.25) is 0 Å². The van der Waals surface area contributed by atoms with Crippen LogP contribution < -0.4 is 0 Å². The second-order valence-corrected chi connectivity index (χ2v) is 5.02. The van der Waals surface area contributed by atoms with Gasteiger partial charge in [-0.05, 0) is 25.8 Å². The molecule has 0 radical (unpaired) electrons. The van der Waals surface area contributed by atoms with E-state index in [9.17, 15) is 9.59 Å². The summed E-state index contributed by atoms with van der Waals surface area (Å²) in [6.07, 6.45) is 9.16. The lowest BCUT2D eigenvalue weighted by atomic mass is 9.67. The fourth-order valence-corrected chi connectivity index (χ4v) is 3.01. The maximum absolute atomic E-state index is 11.4. The second kappa shape index (κ2) is 4.40. The van der Waals surface area contributed by atoms with Gasteiger partial charge in [0.2, 0.25) is 0 Å². The number of Topliss-reactive ketones (excluding diaryl/α,β-unsaturated/α-hetero) is 1. The first-order valence-electron chi connectivity index (χ1n) is 6.01. The quantitative estimate of drug-likeness (QED) is 0.689. The lowest BCUT2D eigenvalue weighted by Crippen LogP contribution is -2.38. The topological polar surface area (TPSA) is 43.4 Å². The van der Waals surface area contributed by atoms with E-state index >= 15 is 0 Å². The van der Waals surface area contributed by atoms with Crippen molar-refractivity contribution in [1.82, 2.24) is 0 Å². The first-order chi connectivity index (χ1) is 7.62. The average Bonchev–Trinajstić information content (AvgIpc) is 2.66. The predicted molar refractivity (Wildman–Crippen MR) is 59.8 cm³/mol. The number of hydrogen-bond donors (Lipinski definition) is 0. The Bertz CT molecular complexity index is 324. The highest BCUT2D eigenvalue weighted by Gasteiger charge is 2.43. The molecule has 0 saturated heterocycles. The molecular formula is C13H18O3. The monoisotopic (exact) mass is 222 g/mol. The molecule has 3 nitrogen and oxygen atoms in total. The molecule has 0 aromatic heterocycles. The highest BCUT2D eigenvalue weighted by Crippen LogP contribution is 2.45. The predicted octanol–water partition coefficient (Wildman–Crippen LogP) is 2.40. The molecule has 1 aliphatic heterocycles. The minimum Gasteiger partial charge on any atom is -0.454 e. The highest BCUT2D eigenvalue weighted by atomic mass is 16.5. The zero-order valence-corrected chi connectivity index (χ0v) is 9.70. The Morgan fingerprint density at radius 1 is 1.44 bits per heavy atom. The van der Waals surface area contributed by atoms with Gasteiger partial charge in [0.05, 0.1) is 0 Å². The lowest BCUT2D eigenvalue weighted by molar-refractivity contribution is -0.147.